The van der Waals surface area contributed by atoms with Crippen molar-refractivity contribution in [3.05, 3.63) is 30.1 Å². The summed E-state index contributed by atoms with van der Waals surface area (Å²) < 4.78 is 14.4. The molecule has 1 aliphatic carbocycles. The number of hydrogen-bond acceptors (Lipinski definition) is 6. The number of nitrogens with zero attached hydrogens (tertiary/aromatic N) is 4. The third-order valence-electron chi connectivity index (χ3n) is 5.06. The number of carbonyl (C=O) groups excluding carboxylic acids is 1. The van der Waals surface area contributed by atoms with Gasteiger partial charge in [-0.15, -0.1) is 10.2 Å². The molecule has 0 spiro atoms. The van der Waals surface area contributed by atoms with Gasteiger partial charge in [-0.3, -0.25) is 4.79 Å². The van der Waals surface area contributed by atoms with E-state index in [2.05, 4.69) is 20.4 Å². The van der Waals surface area contributed by atoms with Gasteiger partial charge in [0.05, 0.1) is 5.75 Å². The summed E-state index contributed by atoms with van der Waals surface area (Å²) in [6, 6.07) is 6.93. The van der Waals surface area contributed by atoms with Crippen molar-refractivity contribution in [1.29, 1.82) is 0 Å². The number of halogens is 1. The Hall–Kier alpha value is -2.13. The Morgan fingerprint density at radius 1 is 1.19 bits per heavy atom. The molecule has 0 atom stereocenters. The van der Waals surface area contributed by atoms with Gasteiger partial charge in [0.2, 0.25) is 11.1 Å². The summed E-state index contributed by atoms with van der Waals surface area (Å²) in [5.41, 5.74) is 0.671. The van der Waals surface area contributed by atoms with Gasteiger partial charge in [0, 0.05) is 30.7 Å². The highest BCUT2D eigenvalue weighted by molar-refractivity contribution is 7.99. The van der Waals surface area contributed by atoms with Gasteiger partial charge in [-0.1, -0.05) is 11.8 Å². The molecule has 1 amide bonds. The molecule has 1 aromatic heterocycles. The summed E-state index contributed by atoms with van der Waals surface area (Å²) in [7, 11) is 0. The van der Waals surface area contributed by atoms with E-state index >= 15 is 0 Å². The first-order chi connectivity index (χ1) is 13.1. The maximum Gasteiger partial charge on any atom is 0.230 e. The Morgan fingerprint density at radius 2 is 1.89 bits per heavy atom. The van der Waals surface area contributed by atoms with Crippen LogP contribution in [0.25, 0.3) is 11.4 Å². The molecule has 2 aliphatic rings. The second-order valence-electron chi connectivity index (χ2n) is 7.08. The van der Waals surface area contributed by atoms with E-state index in [-0.39, 0.29) is 23.5 Å². The molecule has 2 aromatic rings. The number of rotatable bonds is 6. The summed E-state index contributed by atoms with van der Waals surface area (Å²) in [5.74, 6) is 6.37. The summed E-state index contributed by atoms with van der Waals surface area (Å²) in [4.78, 5) is 14.8. The average Bonchev–Trinajstić information content (AvgIpc) is 3.45. The van der Waals surface area contributed by atoms with Crippen LogP contribution in [0.3, 0.4) is 0 Å². The van der Waals surface area contributed by atoms with Gasteiger partial charge in [-0.05, 0) is 49.9 Å². The van der Waals surface area contributed by atoms with E-state index in [9.17, 15) is 9.18 Å². The number of piperidine rings is 1. The molecular weight excluding hydrogens is 367 g/mol. The largest absolute Gasteiger partial charge is 0.353 e. The van der Waals surface area contributed by atoms with Crippen LogP contribution in [0.5, 0.6) is 0 Å². The van der Waals surface area contributed by atoms with Crippen LogP contribution in [0.4, 0.5) is 4.39 Å². The fourth-order valence-electron chi connectivity index (χ4n) is 3.42. The highest BCUT2D eigenvalue weighted by Gasteiger charge is 2.32. The van der Waals surface area contributed by atoms with Crippen molar-refractivity contribution in [3.8, 4) is 11.4 Å². The van der Waals surface area contributed by atoms with Crippen molar-refractivity contribution in [1.82, 2.24) is 25.1 Å². The van der Waals surface area contributed by atoms with Crippen molar-refractivity contribution in [3.63, 3.8) is 0 Å². The Labute approximate surface area is 161 Å². The van der Waals surface area contributed by atoms with Crippen LogP contribution in [0.2, 0.25) is 0 Å². The molecule has 1 saturated carbocycles. The number of likely N-dealkylation sites (tertiary alicyclic amines) is 1. The molecule has 144 valence electrons. The summed E-state index contributed by atoms with van der Waals surface area (Å²) in [6.45, 7) is 2.14. The molecule has 1 saturated heterocycles. The molecule has 0 unspecified atom stereocenters. The maximum atomic E-state index is 13.0. The van der Waals surface area contributed by atoms with Crippen molar-refractivity contribution >= 4 is 17.7 Å². The van der Waals surface area contributed by atoms with Gasteiger partial charge in [0.25, 0.3) is 0 Å². The van der Waals surface area contributed by atoms with Crippen molar-refractivity contribution in [2.75, 3.05) is 24.7 Å². The highest BCUT2D eigenvalue weighted by atomic mass is 32.2. The van der Waals surface area contributed by atoms with Crippen LogP contribution in [-0.2, 0) is 4.79 Å². The molecule has 2 fully saturated rings. The number of hydrogen-bond donors (Lipinski definition) is 2. The number of nitrogen functional groups attached to an aromatic ring is 1. The summed E-state index contributed by atoms with van der Waals surface area (Å²) in [5, 5.41) is 11.6. The zero-order valence-electron chi connectivity index (χ0n) is 15.0. The number of carbonyl (C=O) groups is 1. The number of amides is 1. The third kappa shape index (κ3) is 4.41. The van der Waals surface area contributed by atoms with Gasteiger partial charge in [0.1, 0.15) is 5.82 Å². The fraction of sp³-hybridized carbons (Fsp3) is 0.500. The Bertz CT molecular complexity index is 799. The predicted molar refractivity (Wildman–Crippen MR) is 102 cm³/mol. The second-order valence-corrected chi connectivity index (χ2v) is 8.02. The van der Waals surface area contributed by atoms with Crippen molar-refractivity contribution in [2.24, 2.45) is 0 Å². The zero-order chi connectivity index (χ0) is 18.8. The average molecular weight is 390 g/mol. The third-order valence-corrected chi connectivity index (χ3v) is 6.00. The molecule has 7 nitrogen and oxygen atoms in total. The molecule has 0 radical (unpaired) electrons. The number of aromatic nitrogens is 3. The van der Waals surface area contributed by atoms with E-state index in [0.29, 0.717) is 16.5 Å². The van der Waals surface area contributed by atoms with Crippen molar-refractivity contribution < 1.29 is 9.18 Å². The fourth-order valence-corrected chi connectivity index (χ4v) is 4.09. The molecule has 0 bridgehead atoms. The minimum atomic E-state index is -0.323. The molecule has 2 heterocycles. The molecule has 1 aromatic carbocycles. The highest BCUT2D eigenvalue weighted by Crippen LogP contribution is 2.29. The minimum Gasteiger partial charge on any atom is -0.353 e. The van der Waals surface area contributed by atoms with Gasteiger partial charge < -0.3 is 16.1 Å². The lowest BCUT2D eigenvalue weighted by Crippen LogP contribution is -2.45. The molecule has 9 heteroatoms. The van der Waals surface area contributed by atoms with E-state index in [1.807, 2.05) is 0 Å². The first-order valence-electron chi connectivity index (χ1n) is 9.23. The van der Waals surface area contributed by atoms with Crippen LogP contribution in [0.1, 0.15) is 25.7 Å². The van der Waals surface area contributed by atoms with Crippen LogP contribution in [0.15, 0.2) is 29.4 Å². The van der Waals surface area contributed by atoms with Crippen LogP contribution < -0.4 is 11.2 Å². The van der Waals surface area contributed by atoms with E-state index < -0.39 is 0 Å². The first kappa shape index (κ1) is 18.2. The predicted octanol–water partition coefficient (Wildman–Crippen LogP) is 1.63. The van der Waals surface area contributed by atoms with Crippen molar-refractivity contribution in [2.45, 2.75) is 42.9 Å². The lowest BCUT2D eigenvalue weighted by Gasteiger charge is -2.32. The van der Waals surface area contributed by atoms with Gasteiger partial charge >= 0.3 is 0 Å². The summed E-state index contributed by atoms with van der Waals surface area (Å²) in [6.07, 6.45) is 4.67. The van der Waals surface area contributed by atoms with E-state index in [1.165, 1.54) is 41.4 Å². The summed E-state index contributed by atoms with van der Waals surface area (Å²) >= 11 is 1.25. The standard InChI is InChI=1S/C18H23FN6OS/c19-13-3-1-12(2-4-13)17-22-23-18(25(17)20)27-11-16(26)21-14-7-9-24(10-8-14)15-5-6-15/h1-4,14-15H,5-11,20H2,(H,21,26). The number of thioether (sulfide) groups is 1. The number of nitrogens with two attached hydrogens (primary N) is 1. The van der Waals surface area contributed by atoms with Gasteiger partial charge in [0.15, 0.2) is 5.82 Å². The van der Waals surface area contributed by atoms with E-state index in [4.69, 9.17) is 5.84 Å². The van der Waals surface area contributed by atoms with Crippen LogP contribution >= 0.6 is 11.8 Å². The van der Waals surface area contributed by atoms with Crippen LogP contribution in [-0.4, -0.2) is 56.6 Å². The van der Waals surface area contributed by atoms with E-state index in [0.717, 1.165) is 32.0 Å². The lowest BCUT2D eigenvalue weighted by atomic mass is 10.1. The number of nitrogens with one attached hydrogen (secondary N) is 1. The molecule has 27 heavy (non-hydrogen) atoms. The van der Waals surface area contributed by atoms with Crippen LogP contribution in [0, 0.1) is 5.82 Å². The SMILES string of the molecule is Nn1c(SCC(=O)NC2CCN(C3CC3)CC2)nnc1-c1ccc(F)cc1. The Morgan fingerprint density at radius 3 is 2.56 bits per heavy atom. The van der Waals surface area contributed by atoms with Gasteiger partial charge in [-0.2, -0.15) is 0 Å². The molecule has 3 N–H and O–H groups in total. The first-order valence-corrected chi connectivity index (χ1v) is 10.2. The Kier molecular flexibility index (Phi) is 5.31. The minimum absolute atomic E-state index is 0.0174. The zero-order valence-corrected chi connectivity index (χ0v) is 15.8. The smallest absolute Gasteiger partial charge is 0.230 e. The molecule has 4 rings (SSSR count). The lowest BCUT2D eigenvalue weighted by molar-refractivity contribution is -0.119. The van der Waals surface area contributed by atoms with Gasteiger partial charge in [-0.25, -0.2) is 9.07 Å². The Balaban J connectivity index is 1.27. The van der Waals surface area contributed by atoms with E-state index in [1.54, 1.807) is 12.1 Å². The number of benzene rings is 1. The normalized spacial score (nSPS) is 18.6. The molecule has 1 aliphatic heterocycles. The quantitative estimate of drug-likeness (QED) is 0.576. The monoisotopic (exact) mass is 390 g/mol. The molecular formula is C18H23FN6OS. The second kappa shape index (κ2) is 7.85. The maximum absolute atomic E-state index is 13.0. The topological polar surface area (TPSA) is 89.1 Å².